The summed E-state index contributed by atoms with van der Waals surface area (Å²) >= 11 is 0. The average molecular weight is 336 g/mol. The standard InChI is InChI=1S/C16H33O5P/c1-2-3-4-5-6-7-8-9-10-11-12-13-14-15-16(17)21-22(18,19)20/h2-15H2,1H3,(H2,18,19,20). The molecule has 0 aliphatic carbocycles. The van der Waals surface area contributed by atoms with Crippen molar-refractivity contribution in [3.63, 3.8) is 0 Å². The molecule has 0 aromatic heterocycles. The molecule has 0 saturated carbocycles. The highest BCUT2D eigenvalue weighted by Gasteiger charge is 2.19. The molecule has 0 aliphatic heterocycles. The van der Waals surface area contributed by atoms with Gasteiger partial charge in [-0.25, -0.2) is 4.57 Å². The summed E-state index contributed by atoms with van der Waals surface area (Å²) in [6.45, 7) is 2.24. The lowest BCUT2D eigenvalue weighted by Gasteiger charge is -2.05. The van der Waals surface area contributed by atoms with E-state index in [2.05, 4.69) is 11.4 Å². The second-order valence-electron chi connectivity index (χ2n) is 5.95. The van der Waals surface area contributed by atoms with Crippen LogP contribution in [0.15, 0.2) is 0 Å². The van der Waals surface area contributed by atoms with Crippen LogP contribution in [0.2, 0.25) is 0 Å². The minimum Gasteiger partial charge on any atom is -0.371 e. The second kappa shape index (κ2) is 14.2. The smallest absolute Gasteiger partial charge is 0.371 e. The van der Waals surface area contributed by atoms with E-state index < -0.39 is 13.8 Å². The monoisotopic (exact) mass is 336 g/mol. The molecule has 0 radical (unpaired) electrons. The molecule has 0 unspecified atom stereocenters. The SMILES string of the molecule is CCCCCCCCCCCCCCCC(=O)OP(=O)(O)O. The van der Waals surface area contributed by atoms with E-state index in [1.54, 1.807) is 0 Å². The Morgan fingerprint density at radius 2 is 1.14 bits per heavy atom. The first-order valence-electron chi connectivity index (χ1n) is 8.73. The van der Waals surface area contributed by atoms with Crippen LogP contribution in [0.3, 0.4) is 0 Å². The van der Waals surface area contributed by atoms with Crippen molar-refractivity contribution in [2.45, 2.75) is 96.8 Å². The fourth-order valence-electron chi connectivity index (χ4n) is 2.47. The van der Waals surface area contributed by atoms with Gasteiger partial charge in [0.1, 0.15) is 0 Å². The zero-order valence-corrected chi connectivity index (χ0v) is 14.9. The number of hydrogen-bond donors (Lipinski definition) is 2. The fraction of sp³-hybridized carbons (Fsp3) is 0.938. The van der Waals surface area contributed by atoms with Gasteiger partial charge in [0.05, 0.1) is 0 Å². The Labute approximate surface area is 135 Å². The van der Waals surface area contributed by atoms with Crippen LogP contribution in [0.5, 0.6) is 0 Å². The first-order valence-corrected chi connectivity index (χ1v) is 10.3. The minimum atomic E-state index is -4.66. The molecule has 0 heterocycles. The van der Waals surface area contributed by atoms with Crippen LogP contribution in [-0.4, -0.2) is 15.8 Å². The quantitative estimate of drug-likeness (QED) is 0.321. The van der Waals surface area contributed by atoms with Gasteiger partial charge in [-0.05, 0) is 6.42 Å². The van der Waals surface area contributed by atoms with Gasteiger partial charge in [-0.3, -0.25) is 14.6 Å². The van der Waals surface area contributed by atoms with Gasteiger partial charge in [0.2, 0.25) is 0 Å². The van der Waals surface area contributed by atoms with Gasteiger partial charge in [0, 0.05) is 6.42 Å². The first kappa shape index (κ1) is 21.6. The van der Waals surface area contributed by atoms with Crippen molar-refractivity contribution in [3.05, 3.63) is 0 Å². The summed E-state index contributed by atoms with van der Waals surface area (Å²) in [5.41, 5.74) is 0. The highest BCUT2D eigenvalue weighted by molar-refractivity contribution is 7.46. The van der Waals surface area contributed by atoms with E-state index in [1.807, 2.05) is 0 Å². The summed E-state index contributed by atoms with van der Waals surface area (Å²) in [6, 6.07) is 0. The number of phosphoric acid groups is 1. The van der Waals surface area contributed by atoms with Crippen molar-refractivity contribution < 1.29 is 23.7 Å². The summed E-state index contributed by atoms with van der Waals surface area (Å²) in [4.78, 5) is 28.0. The van der Waals surface area contributed by atoms with Gasteiger partial charge in [-0.1, -0.05) is 84.0 Å². The molecule has 0 rings (SSSR count). The van der Waals surface area contributed by atoms with Crippen LogP contribution in [0.4, 0.5) is 0 Å². The molecular weight excluding hydrogens is 303 g/mol. The zero-order valence-electron chi connectivity index (χ0n) is 14.0. The molecule has 0 bridgehead atoms. The third-order valence-corrected chi connectivity index (χ3v) is 4.15. The van der Waals surface area contributed by atoms with Gasteiger partial charge < -0.3 is 4.52 Å². The van der Waals surface area contributed by atoms with Gasteiger partial charge in [-0.15, -0.1) is 0 Å². The van der Waals surface area contributed by atoms with Crippen LogP contribution < -0.4 is 0 Å². The maximum atomic E-state index is 11.0. The molecule has 0 spiro atoms. The van der Waals surface area contributed by atoms with Gasteiger partial charge in [0.25, 0.3) is 0 Å². The van der Waals surface area contributed by atoms with Crippen LogP contribution in [0, 0.1) is 0 Å². The normalized spacial score (nSPS) is 11.6. The maximum absolute atomic E-state index is 11.0. The van der Waals surface area contributed by atoms with Crippen LogP contribution in [0.1, 0.15) is 96.8 Å². The van der Waals surface area contributed by atoms with Crippen LogP contribution >= 0.6 is 7.82 Å². The lowest BCUT2D eigenvalue weighted by molar-refractivity contribution is -0.135. The van der Waals surface area contributed by atoms with Crippen molar-refractivity contribution >= 4 is 13.8 Å². The molecule has 5 nitrogen and oxygen atoms in total. The molecule has 0 fully saturated rings. The van der Waals surface area contributed by atoms with Gasteiger partial charge in [-0.2, -0.15) is 0 Å². The lowest BCUT2D eigenvalue weighted by Crippen LogP contribution is -2.01. The molecule has 0 aliphatic rings. The highest BCUT2D eigenvalue weighted by atomic mass is 31.2. The largest absolute Gasteiger partial charge is 0.526 e. The molecule has 0 amide bonds. The first-order chi connectivity index (χ1) is 10.5. The molecule has 0 atom stereocenters. The number of phosphoric ester groups is 1. The molecule has 0 aromatic rings. The molecule has 22 heavy (non-hydrogen) atoms. The predicted octanol–water partition coefficient (Wildman–Crippen LogP) is 5.10. The summed E-state index contributed by atoms with van der Waals surface area (Å²) < 4.78 is 14.4. The Morgan fingerprint density at radius 3 is 1.50 bits per heavy atom. The van der Waals surface area contributed by atoms with Crippen molar-refractivity contribution in [1.82, 2.24) is 0 Å². The number of carbonyl (C=O) groups excluding carboxylic acids is 1. The number of hydrogen-bond acceptors (Lipinski definition) is 3. The van der Waals surface area contributed by atoms with E-state index in [0.717, 1.165) is 12.8 Å². The van der Waals surface area contributed by atoms with Gasteiger partial charge >= 0.3 is 13.8 Å². The summed E-state index contributed by atoms with van der Waals surface area (Å²) in [6.07, 6.45) is 15.8. The molecule has 6 heteroatoms. The molecular formula is C16H33O5P. The number of carbonyl (C=O) groups is 1. The van der Waals surface area contributed by atoms with E-state index in [-0.39, 0.29) is 6.42 Å². The van der Waals surface area contributed by atoms with Crippen molar-refractivity contribution in [1.29, 1.82) is 0 Å². The number of rotatable bonds is 15. The summed E-state index contributed by atoms with van der Waals surface area (Å²) in [7, 11) is -4.66. The van der Waals surface area contributed by atoms with Crippen molar-refractivity contribution in [2.24, 2.45) is 0 Å². The maximum Gasteiger partial charge on any atom is 0.526 e. The number of unbranched alkanes of at least 4 members (excludes halogenated alkanes) is 12. The molecule has 2 N–H and O–H groups in total. The Morgan fingerprint density at radius 1 is 0.773 bits per heavy atom. The predicted molar refractivity (Wildman–Crippen MR) is 88.4 cm³/mol. The highest BCUT2D eigenvalue weighted by Crippen LogP contribution is 2.36. The van der Waals surface area contributed by atoms with Crippen molar-refractivity contribution in [3.8, 4) is 0 Å². The summed E-state index contributed by atoms with van der Waals surface area (Å²) in [5, 5.41) is 0. The third kappa shape index (κ3) is 17.7. The molecule has 132 valence electrons. The average Bonchev–Trinajstić information content (AvgIpc) is 2.42. The Hall–Kier alpha value is -0.380. The summed E-state index contributed by atoms with van der Waals surface area (Å²) in [5.74, 6) is -0.809. The minimum absolute atomic E-state index is 0.0862. The van der Waals surface area contributed by atoms with E-state index in [4.69, 9.17) is 9.79 Å². The second-order valence-corrected chi connectivity index (χ2v) is 7.11. The Bertz CT molecular complexity index is 314. The van der Waals surface area contributed by atoms with E-state index in [9.17, 15) is 9.36 Å². The van der Waals surface area contributed by atoms with E-state index in [0.29, 0.717) is 6.42 Å². The Balaban J connectivity index is 3.17. The van der Waals surface area contributed by atoms with Crippen LogP contribution in [0.25, 0.3) is 0 Å². The molecule has 0 aromatic carbocycles. The van der Waals surface area contributed by atoms with Crippen molar-refractivity contribution in [2.75, 3.05) is 0 Å². The lowest BCUT2D eigenvalue weighted by atomic mass is 10.0. The Kier molecular flexibility index (Phi) is 14.0. The topological polar surface area (TPSA) is 83.8 Å². The van der Waals surface area contributed by atoms with Crippen LogP contribution in [-0.2, 0) is 13.9 Å². The zero-order chi connectivity index (χ0) is 16.7. The van der Waals surface area contributed by atoms with E-state index in [1.165, 1.54) is 64.2 Å². The molecule has 0 saturated heterocycles. The van der Waals surface area contributed by atoms with E-state index >= 15 is 0 Å². The third-order valence-electron chi connectivity index (χ3n) is 3.71. The van der Waals surface area contributed by atoms with Gasteiger partial charge in [0.15, 0.2) is 0 Å². The fourth-order valence-corrected chi connectivity index (χ4v) is 2.82.